The molecule has 5 heteroatoms. The third-order valence-corrected chi connectivity index (χ3v) is 4.37. The van der Waals surface area contributed by atoms with Gasteiger partial charge in [-0.2, -0.15) is 10.5 Å². The molecular formula is C22H31N3O2. The molecule has 0 bridgehead atoms. The third kappa shape index (κ3) is 8.73. The Kier molecular flexibility index (Phi) is 11.6. The van der Waals surface area contributed by atoms with E-state index in [0.29, 0.717) is 13.2 Å². The minimum Gasteiger partial charge on any atom is -0.383 e. The van der Waals surface area contributed by atoms with Crippen LogP contribution in [0.4, 0.5) is 5.69 Å². The minimum absolute atomic E-state index is 0.110. The monoisotopic (exact) mass is 369 g/mol. The standard InChI is InChI=1S/C22H31N3O2/c1-4-5-6-7-12-27-14-11-25(10-13-26-3)22-9-8-21(19(2)15-22)16-20(17-23)18-24/h8-9,15-16H,4-7,10-14H2,1-3H3. The van der Waals surface area contributed by atoms with E-state index in [4.69, 9.17) is 20.0 Å². The van der Waals surface area contributed by atoms with Crippen molar-refractivity contribution in [3.63, 3.8) is 0 Å². The molecule has 0 amide bonds. The van der Waals surface area contributed by atoms with Crippen molar-refractivity contribution in [3.8, 4) is 12.1 Å². The maximum absolute atomic E-state index is 8.93. The largest absolute Gasteiger partial charge is 0.383 e. The topological polar surface area (TPSA) is 69.3 Å². The fraction of sp³-hybridized carbons (Fsp3) is 0.545. The highest BCUT2D eigenvalue weighted by Crippen LogP contribution is 2.21. The van der Waals surface area contributed by atoms with Gasteiger partial charge in [0.15, 0.2) is 0 Å². The van der Waals surface area contributed by atoms with Crippen LogP contribution < -0.4 is 4.90 Å². The Morgan fingerprint density at radius 1 is 1.07 bits per heavy atom. The van der Waals surface area contributed by atoms with Crippen LogP contribution in [0.15, 0.2) is 23.8 Å². The first-order valence-corrected chi connectivity index (χ1v) is 9.60. The molecule has 0 aliphatic carbocycles. The third-order valence-electron chi connectivity index (χ3n) is 4.37. The van der Waals surface area contributed by atoms with Crippen LogP contribution in [-0.2, 0) is 9.47 Å². The molecule has 0 spiro atoms. The van der Waals surface area contributed by atoms with Crippen LogP contribution in [0.1, 0.15) is 43.7 Å². The van der Waals surface area contributed by atoms with E-state index in [1.165, 1.54) is 19.3 Å². The molecule has 0 atom stereocenters. The number of rotatable bonds is 13. The lowest BCUT2D eigenvalue weighted by Gasteiger charge is -2.25. The first-order chi connectivity index (χ1) is 13.2. The lowest BCUT2D eigenvalue weighted by Crippen LogP contribution is -2.31. The molecule has 0 radical (unpaired) electrons. The summed E-state index contributed by atoms with van der Waals surface area (Å²) in [5.41, 5.74) is 3.11. The van der Waals surface area contributed by atoms with Crippen molar-refractivity contribution in [2.45, 2.75) is 39.5 Å². The number of anilines is 1. The van der Waals surface area contributed by atoms with E-state index in [1.807, 2.05) is 31.2 Å². The Hall–Kier alpha value is -2.34. The van der Waals surface area contributed by atoms with Gasteiger partial charge >= 0.3 is 0 Å². The maximum Gasteiger partial charge on any atom is 0.130 e. The highest BCUT2D eigenvalue weighted by Gasteiger charge is 2.08. The van der Waals surface area contributed by atoms with Gasteiger partial charge < -0.3 is 14.4 Å². The van der Waals surface area contributed by atoms with Crippen molar-refractivity contribution in [2.75, 3.05) is 44.9 Å². The SMILES string of the molecule is CCCCCCOCCN(CCOC)c1ccc(C=C(C#N)C#N)c(C)c1. The molecule has 0 heterocycles. The summed E-state index contributed by atoms with van der Waals surface area (Å²) in [6.45, 7) is 7.92. The second-order valence-electron chi connectivity index (χ2n) is 6.48. The molecule has 146 valence electrons. The Bertz CT molecular complexity index is 655. The van der Waals surface area contributed by atoms with Gasteiger partial charge in [0.05, 0.1) is 13.2 Å². The molecule has 0 aliphatic rings. The lowest BCUT2D eigenvalue weighted by molar-refractivity contribution is 0.133. The Labute approximate surface area is 163 Å². The van der Waals surface area contributed by atoms with Crippen molar-refractivity contribution >= 4 is 11.8 Å². The van der Waals surface area contributed by atoms with Crippen molar-refractivity contribution in [2.24, 2.45) is 0 Å². The number of hydrogen-bond donors (Lipinski definition) is 0. The van der Waals surface area contributed by atoms with Crippen molar-refractivity contribution in [1.82, 2.24) is 0 Å². The van der Waals surface area contributed by atoms with Crippen LogP contribution in [0.5, 0.6) is 0 Å². The maximum atomic E-state index is 8.93. The number of hydrogen-bond acceptors (Lipinski definition) is 5. The summed E-state index contributed by atoms with van der Waals surface area (Å²) in [6.07, 6.45) is 6.47. The van der Waals surface area contributed by atoms with Crippen molar-refractivity contribution in [1.29, 1.82) is 10.5 Å². The van der Waals surface area contributed by atoms with Crippen LogP contribution >= 0.6 is 0 Å². The van der Waals surface area contributed by atoms with Crippen LogP contribution in [0.3, 0.4) is 0 Å². The normalized spacial score (nSPS) is 10.1. The molecule has 0 saturated carbocycles. The zero-order chi connectivity index (χ0) is 19.9. The molecular weight excluding hydrogens is 338 g/mol. The number of nitriles is 2. The first kappa shape index (κ1) is 22.7. The van der Waals surface area contributed by atoms with Crippen molar-refractivity contribution in [3.05, 3.63) is 34.9 Å². The molecule has 0 saturated heterocycles. The zero-order valence-corrected chi connectivity index (χ0v) is 16.8. The van der Waals surface area contributed by atoms with E-state index >= 15 is 0 Å². The average Bonchev–Trinajstić information content (AvgIpc) is 2.68. The van der Waals surface area contributed by atoms with Crippen LogP contribution in [0.2, 0.25) is 0 Å². The van der Waals surface area contributed by atoms with Crippen LogP contribution in [0, 0.1) is 29.6 Å². The number of methoxy groups -OCH3 is 1. The van der Waals surface area contributed by atoms with E-state index in [2.05, 4.69) is 17.9 Å². The van der Waals surface area contributed by atoms with Gasteiger partial charge in [0.25, 0.3) is 0 Å². The van der Waals surface area contributed by atoms with Gasteiger partial charge in [-0.3, -0.25) is 0 Å². The van der Waals surface area contributed by atoms with E-state index in [1.54, 1.807) is 13.2 Å². The summed E-state index contributed by atoms with van der Waals surface area (Å²) in [4.78, 5) is 2.24. The molecule has 1 aromatic rings. The average molecular weight is 370 g/mol. The predicted octanol–water partition coefficient (Wildman–Crippen LogP) is 4.48. The number of unbranched alkanes of at least 4 members (excludes halogenated alkanes) is 3. The van der Waals surface area contributed by atoms with Crippen LogP contribution in [0.25, 0.3) is 6.08 Å². The number of aryl methyl sites for hydroxylation is 1. The van der Waals surface area contributed by atoms with E-state index in [9.17, 15) is 0 Å². The van der Waals surface area contributed by atoms with Gasteiger partial charge in [-0.15, -0.1) is 0 Å². The van der Waals surface area contributed by atoms with Crippen LogP contribution in [-0.4, -0.2) is 40.0 Å². The van der Waals surface area contributed by atoms with Gasteiger partial charge in [-0.05, 0) is 42.7 Å². The fourth-order valence-corrected chi connectivity index (χ4v) is 2.74. The van der Waals surface area contributed by atoms with Gasteiger partial charge in [-0.25, -0.2) is 0 Å². The second kappa shape index (κ2) is 13.8. The summed E-state index contributed by atoms with van der Waals surface area (Å²) >= 11 is 0. The molecule has 27 heavy (non-hydrogen) atoms. The summed E-state index contributed by atoms with van der Waals surface area (Å²) in [6, 6.07) is 9.85. The number of nitrogens with zero attached hydrogens (tertiary/aromatic N) is 3. The van der Waals surface area contributed by atoms with Gasteiger partial charge in [-0.1, -0.05) is 32.3 Å². The molecule has 0 unspecified atom stereocenters. The quantitative estimate of drug-likeness (QED) is 0.379. The van der Waals surface area contributed by atoms with Gasteiger partial charge in [0, 0.05) is 32.5 Å². The molecule has 1 rings (SSSR count). The van der Waals surface area contributed by atoms with E-state index in [-0.39, 0.29) is 5.57 Å². The summed E-state index contributed by atoms with van der Waals surface area (Å²) in [7, 11) is 1.70. The number of benzene rings is 1. The summed E-state index contributed by atoms with van der Waals surface area (Å²) < 4.78 is 11.0. The summed E-state index contributed by atoms with van der Waals surface area (Å²) in [5, 5.41) is 17.9. The highest BCUT2D eigenvalue weighted by molar-refractivity contribution is 5.66. The van der Waals surface area contributed by atoms with E-state index in [0.717, 1.165) is 42.9 Å². The fourth-order valence-electron chi connectivity index (χ4n) is 2.74. The minimum atomic E-state index is 0.110. The Morgan fingerprint density at radius 2 is 1.81 bits per heavy atom. The molecule has 0 aromatic heterocycles. The van der Waals surface area contributed by atoms with Gasteiger partial charge in [0.1, 0.15) is 17.7 Å². The molecule has 0 fully saturated rings. The van der Waals surface area contributed by atoms with E-state index < -0.39 is 0 Å². The summed E-state index contributed by atoms with van der Waals surface area (Å²) in [5.74, 6) is 0. The molecule has 0 aliphatic heterocycles. The lowest BCUT2D eigenvalue weighted by atomic mass is 10.0. The zero-order valence-electron chi connectivity index (χ0n) is 16.8. The van der Waals surface area contributed by atoms with Crippen molar-refractivity contribution < 1.29 is 9.47 Å². The molecule has 1 aromatic carbocycles. The van der Waals surface area contributed by atoms with Gasteiger partial charge in [0.2, 0.25) is 0 Å². The Balaban J connectivity index is 2.71. The first-order valence-electron chi connectivity index (χ1n) is 9.60. The Morgan fingerprint density at radius 3 is 2.44 bits per heavy atom. The molecule has 5 nitrogen and oxygen atoms in total. The highest BCUT2D eigenvalue weighted by atomic mass is 16.5. The number of allylic oxidation sites excluding steroid dienone is 1. The second-order valence-corrected chi connectivity index (χ2v) is 6.48. The molecule has 0 N–H and O–H groups in total. The number of ether oxygens (including phenoxy) is 2. The smallest absolute Gasteiger partial charge is 0.130 e. The predicted molar refractivity (Wildman–Crippen MR) is 109 cm³/mol.